The lowest BCUT2D eigenvalue weighted by Crippen LogP contribution is -2.23. The maximum absolute atomic E-state index is 12.1. The van der Waals surface area contributed by atoms with Crippen LogP contribution < -0.4 is 5.32 Å². The Bertz CT molecular complexity index is 436. The molecule has 1 saturated heterocycles. The summed E-state index contributed by atoms with van der Waals surface area (Å²) in [6.45, 7) is 3.33. The highest BCUT2D eigenvalue weighted by Crippen LogP contribution is 2.20. The second-order valence-corrected chi connectivity index (χ2v) is 6.20. The Balaban J connectivity index is 0.00000128. The van der Waals surface area contributed by atoms with Gasteiger partial charge < -0.3 is 5.32 Å². The van der Waals surface area contributed by atoms with E-state index in [0.717, 1.165) is 18.5 Å². The van der Waals surface area contributed by atoms with Crippen LogP contribution in [0.1, 0.15) is 12.0 Å². The van der Waals surface area contributed by atoms with E-state index >= 15 is 0 Å². The van der Waals surface area contributed by atoms with Gasteiger partial charge in [0.2, 0.25) is 0 Å². The molecule has 1 fully saturated rings. The molecular formula is C11H16ClNO2S. The molecule has 5 heteroatoms. The van der Waals surface area contributed by atoms with Crippen molar-refractivity contribution < 1.29 is 8.42 Å². The molecule has 0 aromatic heterocycles. The predicted molar refractivity (Wildman–Crippen MR) is 66.9 cm³/mol. The van der Waals surface area contributed by atoms with E-state index < -0.39 is 9.84 Å². The van der Waals surface area contributed by atoms with Crippen LogP contribution in [0.4, 0.5) is 0 Å². The van der Waals surface area contributed by atoms with Crippen molar-refractivity contribution >= 4 is 22.2 Å². The number of benzene rings is 1. The molecule has 0 amide bonds. The smallest absolute Gasteiger partial charge is 0.182 e. The number of halogens is 1. The second-order valence-electron chi connectivity index (χ2n) is 3.97. The molecule has 3 nitrogen and oxygen atoms in total. The fourth-order valence-corrected chi connectivity index (χ4v) is 3.48. The molecule has 0 radical (unpaired) electrons. The maximum Gasteiger partial charge on any atom is 0.182 e. The lowest BCUT2D eigenvalue weighted by Gasteiger charge is -2.10. The Morgan fingerprint density at radius 3 is 2.38 bits per heavy atom. The molecule has 90 valence electrons. The Kier molecular flexibility index (Phi) is 4.35. The third kappa shape index (κ3) is 2.56. The highest BCUT2D eigenvalue weighted by Gasteiger charge is 2.29. The lowest BCUT2D eigenvalue weighted by atomic mass is 10.2. The summed E-state index contributed by atoms with van der Waals surface area (Å²) in [5, 5.41) is 2.83. The van der Waals surface area contributed by atoms with E-state index in [0.29, 0.717) is 11.4 Å². The van der Waals surface area contributed by atoms with Gasteiger partial charge in [0.15, 0.2) is 9.84 Å². The second kappa shape index (κ2) is 5.17. The standard InChI is InChI=1S/C11H15NO2S.ClH/c1-9-2-4-10(5-3-9)15(13,14)11-6-7-12-8-11;/h2-5,11-12H,6-8H2,1H3;1H. The summed E-state index contributed by atoms with van der Waals surface area (Å²) >= 11 is 0. The molecule has 1 aromatic rings. The van der Waals surface area contributed by atoms with E-state index in [9.17, 15) is 8.42 Å². The summed E-state index contributed by atoms with van der Waals surface area (Å²) in [6.07, 6.45) is 0.718. The Morgan fingerprint density at radius 2 is 1.88 bits per heavy atom. The number of hydrogen-bond acceptors (Lipinski definition) is 3. The van der Waals surface area contributed by atoms with E-state index in [1.807, 2.05) is 19.1 Å². The van der Waals surface area contributed by atoms with Gasteiger partial charge in [-0.1, -0.05) is 17.7 Å². The molecule has 1 atom stereocenters. The van der Waals surface area contributed by atoms with Crippen LogP contribution in [0, 0.1) is 6.92 Å². The van der Waals surface area contributed by atoms with Gasteiger partial charge in [-0.15, -0.1) is 12.4 Å². The largest absolute Gasteiger partial charge is 0.315 e. The molecule has 1 aliphatic heterocycles. The summed E-state index contributed by atoms with van der Waals surface area (Å²) in [4.78, 5) is 0.446. The Hall–Kier alpha value is -0.580. The van der Waals surface area contributed by atoms with Crippen molar-refractivity contribution in [1.82, 2.24) is 5.32 Å². The molecule has 1 unspecified atom stereocenters. The van der Waals surface area contributed by atoms with Gasteiger partial charge in [-0.25, -0.2) is 8.42 Å². The Morgan fingerprint density at radius 1 is 1.25 bits per heavy atom. The number of rotatable bonds is 2. The van der Waals surface area contributed by atoms with Crippen LogP contribution in [0.2, 0.25) is 0 Å². The quantitative estimate of drug-likeness (QED) is 0.879. The van der Waals surface area contributed by atoms with Crippen molar-refractivity contribution in [3.05, 3.63) is 29.8 Å². The first-order valence-corrected chi connectivity index (χ1v) is 6.66. The van der Waals surface area contributed by atoms with Crippen molar-refractivity contribution in [2.24, 2.45) is 0 Å². The first kappa shape index (κ1) is 13.5. The zero-order chi connectivity index (χ0) is 10.9. The van der Waals surface area contributed by atoms with Gasteiger partial charge in [-0.3, -0.25) is 0 Å². The highest BCUT2D eigenvalue weighted by molar-refractivity contribution is 7.92. The topological polar surface area (TPSA) is 46.2 Å². The average molecular weight is 262 g/mol. The van der Waals surface area contributed by atoms with E-state index in [2.05, 4.69) is 5.32 Å². The number of aryl methyl sites for hydroxylation is 1. The van der Waals surface area contributed by atoms with Crippen LogP contribution in [-0.2, 0) is 9.84 Å². The van der Waals surface area contributed by atoms with Crippen LogP contribution in [0.25, 0.3) is 0 Å². The Labute approximate surface area is 103 Å². The minimum Gasteiger partial charge on any atom is -0.315 e. The van der Waals surface area contributed by atoms with Crippen LogP contribution in [-0.4, -0.2) is 26.8 Å². The van der Waals surface area contributed by atoms with E-state index in [1.54, 1.807) is 12.1 Å². The minimum atomic E-state index is -3.12. The molecule has 16 heavy (non-hydrogen) atoms. The molecule has 0 aliphatic carbocycles. The molecule has 0 bridgehead atoms. The third-order valence-corrected chi connectivity index (χ3v) is 5.01. The minimum absolute atomic E-state index is 0. The SMILES string of the molecule is Cc1ccc(S(=O)(=O)C2CCNC2)cc1.Cl. The fraction of sp³-hybridized carbons (Fsp3) is 0.455. The van der Waals surface area contributed by atoms with Gasteiger partial charge >= 0.3 is 0 Å². The van der Waals surface area contributed by atoms with E-state index in [-0.39, 0.29) is 17.7 Å². The van der Waals surface area contributed by atoms with Crippen molar-refractivity contribution in [3.63, 3.8) is 0 Å². The van der Waals surface area contributed by atoms with Gasteiger partial charge in [0.1, 0.15) is 0 Å². The summed E-state index contributed by atoms with van der Waals surface area (Å²) in [5.41, 5.74) is 1.08. The van der Waals surface area contributed by atoms with Crippen molar-refractivity contribution in [3.8, 4) is 0 Å². The van der Waals surface area contributed by atoms with Gasteiger partial charge in [-0.2, -0.15) is 0 Å². The number of nitrogens with one attached hydrogen (secondary N) is 1. The molecule has 0 spiro atoms. The van der Waals surface area contributed by atoms with E-state index in [1.165, 1.54) is 0 Å². The maximum atomic E-state index is 12.1. The van der Waals surface area contributed by atoms with Crippen LogP contribution >= 0.6 is 12.4 Å². The normalized spacial score (nSPS) is 20.4. The molecular weight excluding hydrogens is 246 g/mol. The van der Waals surface area contributed by atoms with Gasteiger partial charge in [-0.05, 0) is 32.0 Å². The molecule has 1 N–H and O–H groups in total. The molecule has 2 rings (SSSR count). The van der Waals surface area contributed by atoms with Crippen LogP contribution in [0.15, 0.2) is 29.2 Å². The van der Waals surface area contributed by atoms with Crippen molar-refractivity contribution in [2.45, 2.75) is 23.5 Å². The fourth-order valence-electron chi connectivity index (χ4n) is 1.81. The number of sulfone groups is 1. The summed E-state index contributed by atoms with van der Waals surface area (Å²) in [7, 11) is -3.12. The lowest BCUT2D eigenvalue weighted by molar-refractivity contribution is 0.583. The third-order valence-electron chi connectivity index (χ3n) is 2.80. The molecule has 1 aliphatic rings. The summed E-state index contributed by atoms with van der Waals surface area (Å²) in [5.74, 6) is 0. The summed E-state index contributed by atoms with van der Waals surface area (Å²) < 4.78 is 24.2. The monoisotopic (exact) mass is 261 g/mol. The van der Waals surface area contributed by atoms with E-state index in [4.69, 9.17) is 0 Å². The van der Waals surface area contributed by atoms with Crippen molar-refractivity contribution in [1.29, 1.82) is 0 Å². The average Bonchev–Trinajstić information content (AvgIpc) is 2.71. The van der Waals surface area contributed by atoms with Crippen LogP contribution in [0.5, 0.6) is 0 Å². The highest BCUT2D eigenvalue weighted by atomic mass is 35.5. The van der Waals surface area contributed by atoms with Gasteiger partial charge in [0.25, 0.3) is 0 Å². The molecule has 0 saturated carbocycles. The predicted octanol–water partition coefficient (Wildman–Crippen LogP) is 1.55. The van der Waals surface area contributed by atoms with Gasteiger partial charge in [0, 0.05) is 6.54 Å². The zero-order valence-corrected chi connectivity index (χ0v) is 10.8. The number of hydrogen-bond donors (Lipinski definition) is 1. The molecule has 1 aromatic carbocycles. The molecule has 1 heterocycles. The first-order valence-electron chi connectivity index (χ1n) is 5.12. The zero-order valence-electron chi connectivity index (χ0n) is 9.14. The summed E-state index contributed by atoms with van der Waals surface area (Å²) in [6, 6.07) is 7.08. The van der Waals surface area contributed by atoms with Gasteiger partial charge in [0.05, 0.1) is 10.1 Å². The first-order chi connectivity index (χ1) is 7.10. The van der Waals surface area contributed by atoms with Crippen molar-refractivity contribution in [2.75, 3.05) is 13.1 Å². The van der Waals surface area contributed by atoms with Crippen LogP contribution in [0.3, 0.4) is 0 Å².